The lowest BCUT2D eigenvalue weighted by molar-refractivity contribution is -0.388. The summed E-state index contributed by atoms with van der Waals surface area (Å²) in [6.07, 6.45) is 3.72. The van der Waals surface area contributed by atoms with E-state index in [-0.39, 0.29) is 5.82 Å². The average Bonchev–Trinajstić information content (AvgIpc) is 2.54. The standard InChI is InChI=1S/C8H14N4O3S/c1-11-6-10-8(12(13)14)7(11)9-4-3-5-16(2)15/h6,9H,3-5H2,1-2H3. The zero-order valence-corrected chi connectivity index (χ0v) is 9.99. The molecule has 0 aliphatic carbocycles. The first-order valence-electron chi connectivity index (χ1n) is 4.72. The van der Waals surface area contributed by atoms with Gasteiger partial charge in [0.2, 0.25) is 12.1 Å². The molecule has 0 saturated heterocycles. The Hall–Kier alpha value is -1.44. The van der Waals surface area contributed by atoms with Crippen molar-refractivity contribution in [3.63, 3.8) is 0 Å². The summed E-state index contributed by atoms with van der Waals surface area (Å²) < 4.78 is 12.4. The second-order valence-corrected chi connectivity index (χ2v) is 4.90. The Morgan fingerprint density at radius 3 is 2.94 bits per heavy atom. The largest absolute Gasteiger partial charge is 0.406 e. The van der Waals surface area contributed by atoms with E-state index in [0.29, 0.717) is 24.5 Å². The molecule has 7 nitrogen and oxygen atoms in total. The molecule has 1 N–H and O–H groups in total. The first-order chi connectivity index (χ1) is 7.52. The first-order valence-corrected chi connectivity index (χ1v) is 6.44. The highest BCUT2D eigenvalue weighted by molar-refractivity contribution is 7.84. The van der Waals surface area contributed by atoms with E-state index in [1.807, 2.05) is 0 Å². The molecule has 1 unspecified atom stereocenters. The van der Waals surface area contributed by atoms with Gasteiger partial charge < -0.3 is 15.4 Å². The second kappa shape index (κ2) is 5.59. The summed E-state index contributed by atoms with van der Waals surface area (Å²) in [6, 6.07) is 0. The van der Waals surface area contributed by atoms with Gasteiger partial charge in [-0.1, -0.05) is 0 Å². The fourth-order valence-corrected chi connectivity index (χ4v) is 1.79. The molecule has 1 atom stereocenters. The van der Waals surface area contributed by atoms with Crippen molar-refractivity contribution in [2.24, 2.45) is 7.05 Å². The zero-order valence-electron chi connectivity index (χ0n) is 9.17. The highest BCUT2D eigenvalue weighted by Gasteiger charge is 2.19. The van der Waals surface area contributed by atoms with Crippen LogP contribution in [0.1, 0.15) is 6.42 Å². The van der Waals surface area contributed by atoms with E-state index in [1.165, 1.54) is 6.33 Å². The summed E-state index contributed by atoms with van der Waals surface area (Å²) in [6.45, 7) is 0.542. The first kappa shape index (κ1) is 12.6. The topological polar surface area (TPSA) is 90.1 Å². The maximum Gasteiger partial charge on any atom is 0.406 e. The Balaban J connectivity index is 2.56. The van der Waals surface area contributed by atoms with Gasteiger partial charge in [-0.05, 0) is 16.3 Å². The van der Waals surface area contributed by atoms with Gasteiger partial charge in [0, 0.05) is 36.4 Å². The van der Waals surface area contributed by atoms with E-state index in [0.717, 1.165) is 0 Å². The van der Waals surface area contributed by atoms with Gasteiger partial charge in [0.1, 0.15) is 0 Å². The van der Waals surface area contributed by atoms with E-state index in [4.69, 9.17) is 0 Å². The third-order valence-corrected chi connectivity index (χ3v) is 2.86. The van der Waals surface area contributed by atoms with Crippen molar-refractivity contribution in [3.8, 4) is 0 Å². The highest BCUT2D eigenvalue weighted by atomic mass is 32.2. The van der Waals surface area contributed by atoms with Gasteiger partial charge in [0.05, 0.1) is 0 Å². The summed E-state index contributed by atoms with van der Waals surface area (Å²) in [7, 11) is 0.851. The zero-order chi connectivity index (χ0) is 12.1. The molecule has 0 radical (unpaired) electrons. The molecule has 16 heavy (non-hydrogen) atoms. The van der Waals surface area contributed by atoms with Crippen molar-refractivity contribution in [2.45, 2.75) is 6.42 Å². The minimum atomic E-state index is -0.830. The van der Waals surface area contributed by atoms with Crippen LogP contribution in [0.5, 0.6) is 0 Å². The van der Waals surface area contributed by atoms with Gasteiger partial charge in [-0.15, -0.1) is 0 Å². The average molecular weight is 246 g/mol. The number of hydrogen-bond acceptors (Lipinski definition) is 5. The number of aryl methyl sites for hydroxylation is 1. The van der Waals surface area contributed by atoms with Gasteiger partial charge in [0.15, 0.2) is 0 Å². The molecular formula is C8H14N4O3S. The van der Waals surface area contributed by atoms with Crippen molar-refractivity contribution in [3.05, 3.63) is 16.4 Å². The van der Waals surface area contributed by atoms with Crippen LogP contribution in [0.2, 0.25) is 0 Å². The predicted octanol–water partition coefficient (Wildman–Crippen LogP) is 0.509. The van der Waals surface area contributed by atoms with Crippen LogP contribution in [0, 0.1) is 10.1 Å². The minimum Gasteiger partial charge on any atom is -0.364 e. The normalized spacial score (nSPS) is 12.4. The highest BCUT2D eigenvalue weighted by Crippen LogP contribution is 2.20. The van der Waals surface area contributed by atoms with E-state index in [2.05, 4.69) is 10.3 Å². The van der Waals surface area contributed by atoms with Crippen molar-refractivity contribution in [2.75, 3.05) is 23.9 Å². The van der Waals surface area contributed by atoms with Crippen LogP contribution in [0.4, 0.5) is 11.6 Å². The Morgan fingerprint density at radius 1 is 1.69 bits per heavy atom. The van der Waals surface area contributed by atoms with Gasteiger partial charge >= 0.3 is 5.82 Å². The molecule has 8 heteroatoms. The van der Waals surface area contributed by atoms with Crippen LogP contribution in [-0.2, 0) is 17.8 Å². The molecule has 0 aliphatic heterocycles. The van der Waals surface area contributed by atoms with Gasteiger partial charge in [0.25, 0.3) is 0 Å². The maximum absolute atomic E-state index is 10.8. The lowest BCUT2D eigenvalue weighted by Gasteiger charge is -2.05. The molecule has 0 spiro atoms. The van der Waals surface area contributed by atoms with Crippen molar-refractivity contribution in [1.82, 2.24) is 9.55 Å². The lowest BCUT2D eigenvalue weighted by Crippen LogP contribution is -2.09. The van der Waals surface area contributed by atoms with E-state index < -0.39 is 15.7 Å². The SMILES string of the molecule is Cn1cnc([N+](=O)[O-])c1NCCCS(C)=O. The van der Waals surface area contributed by atoms with Crippen LogP contribution >= 0.6 is 0 Å². The molecule has 1 rings (SSSR count). The number of rotatable bonds is 6. The fourth-order valence-electron chi connectivity index (χ4n) is 1.24. The lowest BCUT2D eigenvalue weighted by atomic mass is 10.4. The van der Waals surface area contributed by atoms with Crippen molar-refractivity contribution >= 4 is 22.4 Å². The molecule has 1 aromatic rings. The molecule has 0 aliphatic rings. The summed E-state index contributed by atoms with van der Waals surface area (Å²) in [5.74, 6) is 0.783. The van der Waals surface area contributed by atoms with E-state index in [9.17, 15) is 14.3 Å². The smallest absolute Gasteiger partial charge is 0.364 e. The van der Waals surface area contributed by atoms with Crippen LogP contribution in [0.25, 0.3) is 0 Å². The molecule has 0 aromatic carbocycles. The van der Waals surface area contributed by atoms with Gasteiger partial charge in [-0.2, -0.15) is 0 Å². The summed E-state index contributed by atoms with van der Waals surface area (Å²) >= 11 is 0. The van der Waals surface area contributed by atoms with Crippen molar-refractivity contribution in [1.29, 1.82) is 0 Å². The molecular weight excluding hydrogens is 232 g/mol. The maximum atomic E-state index is 10.8. The number of nitrogens with one attached hydrogen (secondary N) is 1. The second-order valence-electron chi connectivity index (χ2n) is 3.34. The summed E-state index contributed by atoms with van der Waals surface area (Å²) in [4.78, 5) is 13.8. The molecule has 0 amide bonds. The quantitative estimate of drug-likeness (QED) is 0.448. The Labute approximate surface area is 95.5 Å². The van der Waals surface area contributed by atoms with Crippen LogP contribution in [0.3, 0.4) is 0 Å². The summed E-state index contributed by atoms with van der Waals surface area (Å²) in [5.41, 5.74) is 0. The number of hydrogen-bond donors (Lipinski definition) is 1. The summed E-state index contributed by atoms with van der Waals surface area (Å²) in [5, 5.41) is 13.5. The van der Waals surface area contributed by atoms with Crippen LogP contribution in [0.15, 0.2) is 6.33 Å². The number of nitrogens with zero attached hydrogens (tertiary/aromatic N) is 3. The molecule has 1 aromatic heterocycles. The monoisotopic (exact) mass is 246 g/mol. The fraction of sp³-hybridized carbons (Fsp3) is 0.625. The third kappa shape index (κ3) is 3.30. The van der Waals surface area contributed by atoms with Gasteiger partial charge in [-0.25, -0.2) is 0 Å². The van der Waals surface area contributed by atoms with Crippen LogP contribution in [-0.4, -0.2) is 37.2 Å². The number of anilines is 1. The Kier molecular flexibility index (Phi) is 4.41. The minimum absolute atomic E-state index is 0.180. The number of imidazole rings is 1. The molecule has 0 bridgehead atoms. The molecule has 90 valence electrons. The third-order valence-electron chi connectivity index (χ3n) is 1.99. The molecule has 1 heterocycles. The molecule has 0 saturated carbocycles. The molecule has 0 fully saturated rings. The van der Waals surface area contributed by atoms with Gasteiger partial charge in [-0.3, -0.25) is 8.78 Å². The number of aromatic nitrogens is 2. The Bertz CT molecular complexity index is 404. The van der Waals surface area contributed by atoms with E-state index >= 15 is 0 Å². The predicted molar refractivity (Wildman–Crippen MR) is 61.9 cm³/mol. The van der Waals surface area contributed by atoms with Crippen LogP contribution < -0.4 is 5.32 Å². The Morgan fingerprint density at radius 2 is 2.38 bits per heavy atom. The van der Waals surface area contributed by atoms with Crippen molar-refractivity contribution < 1.29 is 9.13 Å². The van der Waals surface area contributed by atoms with E-state index in [1.54, 1.807) is 17.9 Å². The number of nitro groups is 1.